The first-order valence-electron chi connectivity index (χ1n) is 11.6. The third-order valence-corrected chi connectivity index (χ3v) is 6.04. The Morgan fingerprint density at radius 1 is 1.18 bits per heavy atom. The van der Waals surface area contributed by atoms with Crippen molar-refractivity contribution in [3.05, 3.63) is 60.4 Å². The normalized spacial score (nSPS) is 16.2. The number of benzene rings is 2. The van der Waals surface area contributed by atoms with E-state index in [4.69, 9.17) is 9.15 Å². The molecule has 0 spiro atoms. The molecule has 1 aliphatic heterocycles. The van der Waals surface area contributed by atoms with E-state index < -0.39 is 0 Å². The van der Waals surface area contributed by atoms with Gasteiger partial charge in [-0.1, -0.05) is 31.2 Å². The fraction of sp³-hybridized carbons (Fsp3) is 0.346. The molecule has 1 N–H and O–H groups in total. The van der Waals surface area contributed by atoms with E-state index in [9.17, 15) is 4.79 Å². The van der Waals surface area contributed by atoms with Gasteiger partial charge in [-0.2, -0.15) is 0 Å². The van der Waals surface area contributed by atoms with E-state index in [1.807, 2.05) is 48.5 Å². The van der Waals surface area contributed by atoms with Crippen molar-refractivity contribution in [2.24, 2.45) is 5.92 Å². The van der Waals surface area contributed by atoms with Crippen LogP contribution in [0.3, 0.4) is 0 Å². The predicted octanol–water partition coefficient (Wildman–Crippen LogP) is 4.70. The van der Waals surface area contributed by atoms with Crippen LogP contribution >= 0.6 is 0 Å². The first-order chi connectivity index (χ1) is 16.2. The number of amides is 1. The minimum atomic E-state index is -0.0969. The molecule has 1 unspecified atom stereocenters. The maximum atomic E-state index is 13.7. The number of aromatic nitrogens is 2. The zero-order valence-corrected chi connectivity index (χ0v) is 18.8. The van der Waals surface area contributed by atoms with Crippen molar-refractivity contribution >= 4 is 33.8 Å². The monoisotopic (exact) mass is 444 g/mol. The van der Waals surface area contributed by atoms with Crippen LogP contribution < -0.4 is 15.0 Å². The highest BCUT2D eigenvalue weighted by Crippen LogP contribution is 2.34. The SMILES string of the molecule is CCCOc1ccc(CN(C(=O)C2CCCNC2)c2ncnc3c2oc2ccccc23)cc1. The Morgan fingerprint density at radius 2 is 2.03 bits per heavy atom. The summed E-state index contributed by atoms with van der Waals surface area (Å²) in [6, 6.07) is 15.7. The standard InChI is InChI=1S/C26H28N4O3/c1-2-14-32-20-11-9-18(10-12-20)16-30(26(31)19-6-5-13-27-15-19)25-24-23(28-17-29-25)21-7-3-4-8-22(21)33-24/h3-4,7-12,17,19,27H,2,5-6,13-16H2,1H3. The van der Waals surface area contributed by atoms with Crippen LogP contribution in [0.1, 0.15) is 31.7 Å². The second-order valence-electron chi connectivity index (χ2n) is 8.43. The summed E-state index contributed by atoms with van der Waals surface area (Å²) < 4.78 is 11.9. The van der Waals surface area contributed by atoms with E-state index in [0.717, 1.165) is 53.6 Å². The molecular formula is C26H28N4O3. The van der Waals surface area contributed by atoms with Crippen LogP contribution in [0.25, 0.3) is 22.1 Å². The van der Waals surface area contributed by atoms with Crippen LogP contribution in [0.15, 0.2) is 59.3 Å². The fourth-order valence-electron chi connectivity index (χ4n) is 4.34. The Morgan fingerprint density at radius 3 is 2.82 bits per heavy atom. The predicted molar refractivity (Wildman–Crippen MR) is 128 cm³/mol. The van der Waals surface area contributed by atoms with Crippen molar-refractivity contribution in [3.8, 4) is 5.75 Å². The van der Waals surface area contributed by atoms with Crippen LogP contribution in [0.5, 0.6) is 5.75 Å². The number of fused-ring (bicyclic) bond motifs is 3. The van der Waals surface area contributed by atoms with Gasteiger partial charge in [0.15, 0.2) is 11.4 Å². The maximum absolute atomic E-state index is 13.7. The molecule has 4 aromatic rings. The summed E-state index contributed by atoms with van der Waals surface area (Å²) in [7, 11) is 0. The molecule has 1 saturated heterocycles. The Labute approximate surface area is 192 Å². The fourth-order valence-corrected chi connectivity index (χ4v) is 4.34. The molecule has 33 heavy (non-hydrogen) atoms. The van der Waals surface area contributed by atoms with Crippen LogP contribution in [0.4, 0.5) is 5.82 Å². The molecular weight excluding hydrogens is 416 g/mol. The van der Waals surface area contributed by atoms with Crippen molar-refractivity contribution in [2.45, 2.75) is 32.7 Å². The summed E-state index contributed by atoms with van der Waals surface area (Å²) in [6.45, 7) is 4.78. The summed E-state index contributed by atoms with van der Waals surface area (Å²) >= 11 is 0. The van der Waals surface area contributed by atoms with Gasteiger partial charge in [0.25, 0.3) is 0 Å². The van der Waals surface area contributed by atoms with Gasteiger partial charge in [-0.15, -0.1) is 0 Å². The van der Waals surface area contributed by atoms with Crippen molar-refractivity contribution in [2.75, 3.05) is 24.6 Å². The summed E-state index contributed by atoms with van der Waals surface area (Å²) in [5, 5.41) is 4.27. The van der Waals surface area contributed by atoms with Gasteiger partial charge in [0.05, 0.1) is 19.1 Å². The van der Waals surface area contributed by atoms with Crippen molar-refractivity contribution < 1.29 is 13.9 Å². The number of ether oxygens (including phenoxy) is 1. The van der Waals surface area contributed by atoms with Gasteiger partial charge in [0.2, 0.25) is 5.91 Å². The Balaban J connectivity index is 1.53. The topological polar surface area (TPSA) is 80.5 Å². The van der Waals surface area contributed by atoms with E-state index in [1.165, 1.54) is 6.33 Å². The van der Waals surface area contributed by atoms with E-state index in [1.54, 1.807) is 4.90 Å². The highest BCUT2D eigenvalue weighted by Gasteiger charge is 2.30. The van der Waals surface area contributed by atoms with E-state index >= 15 is 0 Å². The summed E-state index contributed by atoms with van der Waals surface area (Å²) in [6.07, 6.45) is 4.32. The van der Waals surface area contributed by atoms with E-state index in [-0.39, 0.29) is 11.8 Å². The smallest absolute Gasteiger partial charge is 0.232 e. The summed E-state index contributed by atoms with van der Waals surface area (Å²) in [4.78, 5) is 24.5. The lowest BCUT2D eigenvalue weighted by Crippen LogP contribution is -2.43. The second kappa shape index (κ2) is 9.58. The molecule has 2 aromatic carbocycles. The molecule has 0 saturated carbocycles. The highest BCUT2D eigenvalue weighted by atomic mass is 16.5. The van der Waals surface area contributed by atoms with Crippen LogP contribution in [0.2, 0.25) is 0 Å². The number of para-hydroxylation sites is 1. The van der Waals surface area contributed by atoms with E-state index in [2.05, 4.69) is 22.2 Å². The molecule has 0 radical (unpaired) electrons. The number of nitrogens with one attached hydrogen (secondary N) is 1. The number of carbonyl (C=O) groups is 1. The molecule has 0 bridgehead atoms. The number of furan rings is 1. The lowest BCUT2D eigenvalue weighted by molar-refractivity contribution is -0.123. The number of piperidine rings is 1. The summed E-state index contributed by atoms with van der Waals surface area (Å²) in [5.74, 6) is 1.30. The Hall–Kier alpha value is -3.45. The minimum Gasteiger partial charge on any atom is -0.494 e. The van der Waals surface area contributed by atoms with Crippen molar-refractivity contribution in [1.29, 1.82) is 0 Å². The number of hydrogen-bond acceptors (Lipinski definition) is 6. The third-order valence-electron chi connectivity index (χ3n) is 6.04. The number of carbonyl (C=O) groups excluding carboxylic acids is 1. The lowest BCUT2D eigenvalue weighted by Gasteiger charge is -2.29. The molecule has 1 fully saturated rings. The molecule has 7 nitrogen and oxygen atoms in total. The van der Waals surface area contributed by atoms with Gasteiger partial charge in [-0.3, -0.25) is 9.69 Å². The third kappa shape index (κ3) is 4.41. The number of rotatable bonds is 7. The number of anilines is 1. The first kappa shape index (κ1) is 21.4. The molecule has 5 rings (SSSR count). The molecule has 2 aromatic heterocycles. The number of nitrogens with zero attached hydrogens (tertiary/aromatic N) is 3. The van der Waals surface area contributed by atoms with Gasteiger partial charge in [0.1, 0.15) is 23.2 Å². The first-order valence-corrected chi connectivity index (χ1v) is 11.6. The molecule has 1 atom stereocenters. The molecule has 7 heteroatoms. The van der Waals surface area contributed by atoms with Crippen molar-refractivity contribution in [3.63, 3.8) is 0 Å². The average Bonchev–Trinajstić information content (AvgIpc) is 3.26. The molecule has 1 amide bonds. The van der Waals surface area contributed by atoms with Crippen LogP contribution in [-0.4, -0.2) is 35.6 Å². The number of hydrogen-bond donors (Lipinski definition) is 1. The largest absolute Gasteiger partial charge is 0.494 e. The van der Waals surface area contributed by atoms with Gasteiger partial charge in [0, 0.05) is 11.9 Å². The van der Waals surface area contributed by atoms with Gasteiger partial charge >= 0.3 is 0 Å². The molecule has 3 heterocycles. The Kier molecular flexibility index (Phi) is 6.21. The molecule has 0 aliphatic carbocycles. The van der Waals surface area contributed by atoms with Crippen molar-refractivity contribution in [1.82, 2.24) is 15.3 Å². The maximum Gasteiger partial charge on any atom is 0.232 e. The van der Waals surface area contributed by atoms with Crippen LogP contribution in [0, 0.1) is 5.92 Å². The van der Waals surface area contributed by atoms with E-state index in [0.29, 0.717) is 31.1 Å². The van der Waals surface area contributed by atoms with Gasteiger partial charge in [-0.05, 0) is 55.6 Å². The molecule has 170 valence electrons. The Bertz CT molecular complexity index is 1250. The zero-order valence-electron chi connectivity index (χ0n) is 18.8. The highest BCUT2D eigenvalue weighted by molar-refractivity contribution is 6.08. The quantitative estimate of drug-likeness (QED) is 0.445. The minimum absolute atomic E-state index is 0.0500. The second-order valence-corrected chi connectivity index (χ2v) is 8.43. The summed E-state index contributed by atoms with van der Waals surface area (Å²) in [5.41, 5.74) is 2.99. The van der Waals surface area contributed by atoms with Gasteiger partial charge in [-0.25, -0.2) is 9.97 Å². The van der Waals surface area contributed by atoms with Crippen LogP contribution in [-0.2, 0) is 11.3 Å². The zero-order chi connectivity index (χ0) is 22.6. The lowest BCUT2D eigenvalue weighted by atomic mass is 9.97. The van der Waals surface area contributed by atoms with Gasteiger partial charge < -0.3 is 14.5 Å². The molecule has 1 aliphatic rings. The average molecular weight is 445 g/mol.